The van der Waals surface area contributed by atoms with Crippen LogP contribution in [0.1, 0.15) is 31.3 Å². The third kappa shape index (κ3) is 2.63. The molecule has 2 aromatic rings. The van der Waals surface area contributed by atoms with Crippen LogP contribution in [-0.4, -0.2) is 17.6 Å². The number of benzene rings is 1. The molecule has 1 aromatic heterocycles. The molecule has 0 aliphatic rings. The number of carbonyl (C=O) groups is 1. The van der Waals surface area contributed by atoms with E-state index >= 15 is 0 Å². The number of rotatable bonds is 2. The Morgan fingerprint density at radius 2 is 2.00 bits per heavy atom. The first-order valence-electron chi connectivity index (χ1n) is 5.56. The van der Waals surface area contributed by atoms with E-state index in [2.05, 4.69) is 4.98 Å². The van der Waals surface area contributed by atoms with Gasteiger partial charge in [0.05, 0.1) is 6.61 Å². The summed E-state index contributed by atoms with van der Waals surface area (Å²) in [6.07, 6.45) is 0. The highest BCUT2D eigenvalue weighted by molar-refractivity contribution is 5.94. The summed E-state index contributed by atoms with van der Waals surface area (Å²) in [5.74, 6) is -0.302. The lowest BCUT2D eigenvalue weighted by molar-refractivity contribution is 0.0520. The first kappa shape index (κ1) is 12.3. The maximum absolute atomic E-state index is 11.4. The van der Waals surface area contributed by atoms with Gasteiger partial charge in [-0.1, -0.05) is 32.0 Å². The Morgan fingerprint density at radius 1 is 1.31 bits per heavy atom. The maximum atomic E-state index is 11.4. The number of hydrogen-bond donors (Lipinski definition) is 1. The molecule has 16 heavy (non-hydrogen) atoms. The van der Waals surface area contributed by atoms with Crippen molar-refractivity contribution in [2.45, 2.75) is 20.8 Å². The predicted octanol–water partition coefficient (Wildman–Crippen LogP) is 3.37. The summed E-state index contributed by atoms with van der Waals surface area (Å²) in [6, 6.07) is 9.54. The third-order valence-electron chi connectivity index (χ3n) is 2.03. The summed E-state index contributed by atoms with van der Waals surface area (Å²) in [7, 11) is 0. The molecule has 0 fully saturated rings. The van der Waals surface area contributed by atoms with Gasteiger partial charge in [-0.25, -0.2) is 4.79 Å². The molecule has 1 N–H and O–H groups in total. The van der Waals surface area contributed by atoms with Gasteiger partial charge in [-0.3, -0.25) is 0 Å². The molecule has 0 saturated carbocycles. The Bertz CT molecular complexity index is 427. The molecule has 1 heterocycles. The Hall–Kier alpha value is -1.77. The summed E-state index contributed by atoms with van der Waals surface area (Å²) in [5, 5.41) is 1.02. The molecule has 0 radical (unpaired) electrons. The van der Waals surface area contributed by atoms with Gasteiger partial charge in [-0.15, -0.1) is 0 Å². The summed E-state index contributed by atoms with van der Waals surface area (Å²) in [6.45, 7) is 6.19. The van der Waals surface area contributed by atoms with Crippen LogP contribution in [-0.2, 0) is 4.74 Å². The maximum Gasteiger partial charge on any atom is 0.354 e. The molecule has 1 aromatic carbocycles. The van der Waals surface area contributed by atoms with Crippen LogP contribution < -0.4 is 0 Å². The number of aromatic nitrogens is 1. The Labute approximate surface area is 95.4 Å². The number of aromatic amines is 1. The van der Waals surface area contributed by atoms with Gasteiger partial charge in [0, 0.05) is 10.9 Å². The first-order chi connectivity index (χ1) is 7.81. The average molecular weight is 219 g/mol. The van der Waals surface area contributed by atoms with E-state index in [9.17, 15) is 4.79 Å². The lowest BCUT2D eigenvalue weighted by atomic mass is 10.2. The van der Waals surface area contributed by atoms with Gasteiger partial charge in [-0.2, -0.15) is 0 Å². The molecular formula is C13H17NO2. The fourth-order valence-corrected chi connectivity index (χ4v) is 1.39. The van der Waals surface area contributed by atoms with Gasteiger partial charge in [0.25, 0.3) is 0 Å². The molecule has 86 valence electrons. The van der Waals surface area contributed by atoms with Gasteiger partial charge in [0.2, 0.25) is 0 Å². The van der Waals surface area contributed by atoms with Gasteiger partial charge in [0.1, 0.15) is 5.69 Å². The van der Waals surface area contributed by atoms with Crippen LogP contribution in [0.2, 0.25) is 0 Å². The second-order valence-corrected chi connectivity index (χ2v) is 2.99. The number of H-pyrrole nitrogens is 1. The fourth-order valence-electron chi connectivity index (χ4n) is 1.39. The molecule has 0 saturated heterocycles. The topological polar surface area (TPSA) is 42.1 Å². The molecular weight excluding hydrogens is 202 g/mol. The van der Waals surface area contributed by atoms with Crippen LogP contribution in [0.15, 0.2) is 30.3 Å². The van der Waals surface area contributed by atoms with Crippen molar-refractivity contribution in [2.75, 3.05) is 6.61 Å². The quantitative estimate of drug-likeness (QED) is 0.787. The number of esters is 1. The van der Waals surface area contributed by atoms with Crippen molar-refractivity contribution in [1.29, 1.82) is 0 Å². The molecule has 0 amide bonds. The normalized spacial score (nSPS) is 9.44. The van der Waals surface area contributed by atoms with E-state index < -0.39 is 0 Å². The minimum absolute atomic E-state index is 0.302. The van der Waals surface area contributed by atoms with Crippen molar-refractivity contribution in [1.82, 2.24) is 4.98 Å². The smallest absolute Gasteiger partial charge is 0.354 e. The molecule has 0 spiro atoms. The number of nitrogens with one attached hydrogen (secondary N) is 1. The fraction of sp³-hybridized carbons (Fsp3) is 0.308. The zero-order valence-electron chi connectivity index (χ0n) is 9.91. The van der Waals surface area contributed by atoms with Crippen LogP contribution in [0, 0.1) is 0 Å². The number of fused-ring (bicyclic) bond motifs is 1. The molecule has 2 rings (SSSR count). The number of para-hydroxylation sites is 1. The van der Waals surface area contributed by atoms with E-state index in [0.29, 0.717) is 12.3 Å². The van der Waals surface area contributed by atoms with Crippen LogP contribution in [0.4, 0.5) is 0 Å². The lowest BCUT2D eigenvalue weighted by Crippen LogP contribution is -2.04. The van der Waals surface area contributed by atoms with Gasteiger partial charge < -0.3 is 9.72 Å². The van der Waals surface area contributed by atoms with Crippen molar-refractivity contribution >= 4 is 16.9 Å². The monoisotopic (exact) mass is 219 g/mol. The van der Waals surface area contributed by atoms with E-state index in [0.717, 1.165) is 10.9 Å². The summed E-state index contributed by atoms with van der Waals surface area (Å²) >= 11 is 0. The van der Waals surface area contributed by atoms with Crippen molar-refractivity contribution in [2.24, 2.45) is 0 Å². The molecule has 0 atom stereocenters. The number of hydrogen-bond acceptors (Lipinski definition) is 2. The minimum Gasteiger partial charge on any atom is -0.461 e. The van der Waals surface area contributed by atoms with E-state index in [-0.39, 0.29) is 5.97 Å². The highest BCUT2D eigenvalue weighted by Crippen LogP contribution is 2.14. The second-order valence-electron chi connectivity index (χ2n) is 2.99. The Balaban J connectivity index is 0.000000606. The molecule has 3 nitrogen and oxygen atoms in total. The van der Waals surface area contributed by atoms with Gasteiger partial charge in [-0.05, 0) is 19.1 Å². The van der Waals surface area contributed by atoms with E-state index in [1.54, 1.807) is 13.0 Å². The van der Waals surface area contributed by atoms with Crippen LogP contribution >= 0.6 is 0 Å². The SMILES string of the molecule is CC.CCOC(=O)c1cc2ccccc2[nH]1. The number of ether oxygens (including phenoxy) is 1. The number of carbonyl (C=O) groups excluding carboxylic acids is 1. The van der Waals surface area contributed by atoms with Crippen molar-refractivity contribution in [3.05, 3.63) is 36.0 Å². The van der Waals surface area contributed by atoms with Crippen molar-refractivity contribution < 1.29 is 9.53 Å². The van der Waals surface area contributed by atoms with Crippen LogP contribution in [0.25, 0.3) is 10.9 Å². The summed E-state index contributed by atoms with van der Waals surface area (Å²) in [5.41, 5.74) is 1.46. The molecule has 0 aliphatic heterocycles. The summed E-state index contributed by atoms with van der Waals surface area (Å²) in [4.78, 5) is 14.4. The van der Waals surface area contributed by atoms with E-state index in [1.807, 2.05) is 38.1 Å². The molecule has 0 bridgehead atoms. The van der Waals surface area contributed by atoms with Gasteiger partial charge in [0.15, 0.2) is 0 Å². The van der Waals surface area contributed by atoms with Crippen LogP contribution in [0.5, 0.6) is 0 Å². The third-order valence-corrected chi connectivity index (χ3v) is 2.03. The first-order valence-corrected chi connectivity index (χ1v) is 5.56. The highest BCUT2D eigenvalue weighted by atomic mass is 16.5. The lowest BCUT2D eigenvalue weighted by Gasteiger charge is -1.96. The molecule has 0 unspecified atom stereocenters. The zero-order chi connectivity index (χ0) is 12.0. The average Bonchev–Trinajstić information content (AvgIpc) is 2.75. The van der Waals surface area contributed by atoms with E-state index in [1.165, 1.54) is 0 Å². The standard InChI is InChI=1S/C11H11NO2.C2H6/c1-2-14-11(13)10-7-8-5-3-4-6-9(8)12-10;1-2/h3-7,12H,2H2,1H3;1-2H3. The van der Waals surface area contributed by atoms with Crippen LogP contribution in [0.3, 0.4) is 0 Å². The van der Waals surface area contributed by atoms with Crippen molar-refractivity contribution in [3.63, 3.8) is 0 Å². The molecule has 0 aliphatic carbocycles. The zero-order valence-corrected chi connectivity index (χ0v) is 9.91. The minimum atomic E-state index is -0.302. The van der Waals surface area contributed by atoms with Gasteiger partial charge >= 0.3 is 5.97 Å². The van der Waals surface area contributed by atoms with E-state index in [4.69, 9.17) is 4.74 Å². The molecule has 3 heteroatoms. The van der Waals surface area contributed by atoms with Crippen molar-refractivity contribution in [3.8, 4) is 0 Å². The second kappa shape index (κ2) is 5.95. The predicted molar refractivity (Wildman–Crippen MR) is 65.6 cm³/mol. The Morgan fingerprint density at radius 3 is 2.62 bits per heavy atom. The summed E-state index contributed by atoms with van der Waals surface area (Å²) < 4.78 is 4.89. The Kier molecular flexibility index (Phi) is 4.58. The largest absolute Gasteiger partial charge is 0.461 e. The highest BCUT2D eigenvalue weighted by Gasteiger charge is 2.08.